The first kappa shape index (κ1) is 16.1. The maximum atomic E-state index is 11.8. The molecule has 6 heteroatoms. The lowest BCUT2D eigenvalue weighted by molar-refractivity contribution is -0.171. The van der Waals surface area contributed by atoms with Gasteiger partial charge in [0.05, 0.1) is 14.2 Å². The van der Waals surface area contributed by atoms with Crippen LogP contribution in [0.25, 0.3) is 0 Å². The van der Waals surface area contributed by atoms with Crippen molar-refractivity contribution in [2.45, 2.75) is 26.2 Å². The van der Waals surface area contributed by atoms with Gasteiger partial charge in [-0.2, -0.15) is 0 Å². The zero-order valence-corrected chi connectivity index (χ0v) is 11.8. The molecule has 0 amide bonds. The molecule has 0 aliphatic carbocycles. The van der Waals surface area contributed by atoms with Crippen molar-refractivity contribution in [3.05, 3.63) is 0 Å². The average Bonchev–Trinajstić information content (AvgIpc) is 2.31. The minimum atomic E-state index is -1.51. The number of ether oxygens (including phenoxy) is 2. The van der Waals surface area contributed by atoms with E-state index in [1.165, 1.54) is 21.1 Å². The van der Waals surface area contributed by atoms with Crippen molar-refractivity contribution >= 4 is 33.7 Å². The van der Waals surface area contributed by atoms with Crippen molar-refractivity contribution in [1.82, 2.24) is 0 Å². The molecule has 0 spiro atoms. The minimum Gasteiger partial charge on any atom is -0.468 e. The van der Waals surface area contributed by atoms with Crippen molar-refractivity contribution < 1.29 is 23.9 Å². The van der Waals surface area contributed by atoms with Gasteiger partial charge < -0.3 is 9.47 Å². The highest BCUT2D eigenvalue weighted by atomic mass is 79.9. The SMILES string of the molecule is COC(=O)C(CCCBr)(CC(C)=O)C(=O)OC. The van der Waals surface area contributed by atoms with E-state index in [1.54, 1.807) is 0 Å². The smallest absolute Gasteiger partial charge is 0.323 e. The van der Waals surface area contributed by atoms with Crippen LogP contribution >= 0.6 is 15.9 Å². The number of carbonyl (C=O) groups is 3. The van der Waals surface area contributed by atoms with Gasteiger partial charge in [0, 0.05) is 11.8 Å². The molecule has 0 aliphatic heterocycles. The fraction of sp³-hybridized carbons (Fsp3) is 0.727. The van der Waals surface area contributed by atoms with E-state index in [4.69, 9.17) is 0 Å². The Kier molecular flexibility index (Phi) is 7.03. The monoisotopic (exact) mass is 308 g/mol. The van der Waals surface area contributed by atoms with Crippen LogP contribution < -0.4 is 0 Å². The molecule has 0 rings (SSSR count). The predicted molar refractivity (Wildman–Crippen MR) is 64.8 cm³/mol. The average molecular weight is 309 g/mol. The van der Waals surface area contributed by atoms with Crippen LogP contribution in [-0.2, 0) is 23.9 Å². The van der Waals surface area contributed by atoms with Gasteiger partial charge in [-0.1, -0.05) is 15.9 Å². The fourth-order valence-corrected chi connectivity index (χ4v) is 1.98. The van der Waals surface area contributed by atoms with Gasteiger partial charge in [0.1, 0.15) is 5.78 Å². The third-order valence-electron chi connectivity index (χ3n) is 2.44. The highest BCUT2D eigenvalue weighted by molar-refractivity contribution is 9.09. The summed E-state index contributed by atoms with van der Waals surface area (Å²) in [6, 6.07) is 0. The normalized spacial score (nSPS) is 10.8. The topological polar surface area (TPSA) is 69.7 Å². The predicted octanol–water partition coefficient (Wildman–Crippen LogP) is 1.47. The first-order valence-corrected chi connectivity index (χ1v) is 6.29. The van der Waals surface area contributed by atoms with Crippen molar-refractivity contribution in [3.63, 3.8) is 0 Å². The van der Waals surface area contributed by atoms with E-state index < -0.39 is 17.4 Å². The molecule has 0 atom stereocenters. The summed E-state index contributed by atoms with van der Waals surface area (Å²) in [4.78, 5) is 34.8. The molecule has 98 valence electrons. The number of alkyl halides is 1. The fourth-order valence-electron chi connectivity index (χ4n) is 1.70. The van der Waals surface area contributed by atoms with Gasteiger partial charge in [-0.05, 0) is 19.8 Å². The zero-order valence-electron chi connectivity index (χ0n) is 10.2. The second kappa shape index (κ2) is 7.42. The highest BCUT2D eigenvalue weighted by Crippen LogP contribution is 2.32. The molecule has 5 nitrogen and oxygen atoms in total. The number of esters is 2. The Balaban J connectivity index is 5.26. The van der Waals surface area contributed by atoms with E-state index in [-0.39, 0.29) is 18.6 Å². The summed E-state index contributed by atoms with van der Waals surface area (Å²) < 4.78 is 9.26. The van der Waals surface area contributed by atoms with Gasteiger partial charge in [-0.15, -0.1) is 0 Å². The van der Waals surface area contributed by atoms with E-state index >= 15 is 0 Å². The number of Topliss-reactive ketones (excluding diaryl/α,β-unsaturated/α-hetero) is 1. The number of methoxy groups -OCH3 is 2. The molecule has 0 bridgehead atoms. The molecule has 0 aromatic rings. The molecule has 0 heterocycles. The zero-order chi connectivity index (χ0) is 13.5. The van der Waals surface area contributed by atoms with Gasteiger partial charge in [-0.25, -0.2) is 0 Å². The summed E-state index contributed by atoms with van der Waals surface area (Å²) in [5.41, 5.74) is -1.51. The number of rotatable bonds is 7. The van der Waals surface area contributed by atoms with Crippen LogP contribution in [0.5, 0.6) is 0 Å². The largest absolute Gasteiger partial charge is 0.468 e. The lowest BCUT2D eigenvalue weighted by Gasteiger charge is -2.26. The highest BCUT2D eigenvalue weighted by Gasteiger charge is 2.48. The lowest BCUT2D eigenvalue weighted by Crippen LogP contribution is -2.42. The number of carbonyl (C=O) groups excluding carboxylic acids is 3. The molecular formula is C11H17BrO5. The van der Waals surface area contributed by atoms with Crippen LogP contribution in [0, 0.1) is 5.41 Å². The standard InChI is InChI=1S/C11H17BrO5/c1-8(13)7-11(5-4-6-12,9(14)16-2)10(15)17-3/h4-7H2,1-3H3. The molecule has 0 aromatic heterocycles. The minimum absolute atomic E-state index is 0.195. The number of hydrogen-bond donors (Lipinski definition) is 0. The van der Waals surface area contributed by atoms with E-state index in [0.29, 0.717) is 11.8 Å². The molecule has 0 saturated heterocycles. The molecule has 0 aliphatic rings. The van der Waals surface area contributed by atoms with Crippen LogP contribution in [-0.4, -0.2) is 37.3 Å². The second-order valence-corrected chi connectivity index (χ2v) is 4.53. The Bertz CT molecular complexity index is 284. The Morgan fingerprint density at radius 1 is 1.12 bits per heavy atom. The van der Waals surface area contributed by atoms with Crippen molar-refractivity contribution in [2.75, 3.05) is 19.5 Å². The van der Waals surface area contributed by atoms with Crippen molar-refractivity contribution in [3.8, 4) is 0 Å². The second-order valence-electron chi connectivity index (χ2n) is 3.74. The number of halogens is 1. The summed E-state index contributed by atoms with van der Waals surface area (Å²) in [5, 5.41) is 0.626. The van der Waals surface area contributed by atoms with Crippen LogP contribution in [0.2, 0.25) is 0 Å². The van der Waals surface area contributed by atoms with E-state index in [0.717, 1.165) is 0 Å². The van der Waals surface area contributed by atoms with E-state index in [2.05, 4.69) is 25.4 Å². The molecule has 17 heavy (non-hydrogen) atoms. The maximum Gasteiger partial charge on any atom is 0.323 e. The Morgan fingerprint density at radius 2 is 1.59 bits per heavy atom. The summed E-state index contributed by atoms with van der Waals surface area (Å²) >= 11 is 3.22. The maximum absolute atomic E-state index is 11.8. The molecule has 0 N–H and O–H groups in total. The van der Waals surface area contributed by atoms with Gasteiger partial charge in [0.2, 0.25) is 0 Å². The molecule has 0 radical (unpaired) electrons. The van der Waals surface area contributed by atoms with Gasteiger partial charge in [-0.3, -0.25) is 14.4 Å². The molecule has 0 fully saturated rings. The number of hydrogen-bond acceptors (Lipinski definition) is 5. The summed E-state index contributed by atoms with van der Waals surface area (Å²) in [6.45, 7) is 1.33. The van der Waals surface area contributed by atoms with E-state index in [9.17, 15) is 14.4 Å². The van der Waals surface area contributed by atoms with E-state index in [1.807, 2.05) is 0 Å². The summed E-state index contributed by atoms with van der Waals surface area (Å²) in [7, 11) is 2.38. The lowest BCUT2D eigenvalue weighted by atomic mass is 9.79. The third kappa shape index (κ3) is 4.11. The summed E-state index contributed by atoms with van der Waals surface area (Å²) in [6.07, 6.45) is 0.591. The van der Waals surface area contributed by atoms with Crippen molar-refractivity contribution in [1.29, 1.82) is 0 Å². The van der Waals surface area contributed by atoms with Crippen LogP contribution in [0.4, 0.5) is 0 Å². The van der Waals surface area contributed by atoms with Crippen molar-refractivity contribution in [2.24, 2.45) is 5.41 Å². The first-order valence-electron chi connectivity index (χ1n) is 5.17. The van der Waals surface area contributed by atoms with Gasteiger partial charge in [0.25, 0.3) is 0 Å². The van der Waals surface area contributed by atoms with Crippen LogP contribution in [0.3, 0.4) is 0 Å². The molecular weight excluding hydrogens is 292 g/mol. The summed E-state index contributed by atoms with van der Waals surface area (Å²) in [5.74, 6) is -1.70. The van der Waals surface area contributed by atoms with Crippen LogP contribution in [0.1, 0.15) is 26.2 Å². The Morgan fingerprint density at radius 3 is 1.88 bits per heavy atom. The van der Waals surface area contributed by atoms with Gasteiger partial charge >= 0.3 is 11.9 Å². The Hall–Kier alpha value is -0.910. The first-order chi connectivity index (χ1) is 7.94. The Labute approximate surface area is 109 Å². The molecule has 0 unspecified atom stereocenters. The van der Waals surface area contributed by atoms with Crippen LogP contribution in [0.15, 0.2) is 0 Å². The number of ketones is 1. The quantitative estimate of drug-likeness (QED) is 0.405. The van der Waals surface area contributed by atoms with Gasteiger partial charge in [0.15, 0.2) is 5.41 Å². The molecule has 0 saturated carbocycles. The third-order valence-corrected chi connectivity index (χ3v) is 3.00. The molecule has 0 aromatic carbocycles.